The molecule has 0 aromatic carbocycles. The summed E-state index contributed by atoms with van der Waals surface area (Å²) in [6, 6.07) is -0.0298. The van der Waals surface area contributed by atoms with Crippen molar-refractivity contribution in [3.05, 3.63) is 17.3 Å². The van der Waals surface area contributed by atoms with Gasteiger partial charge in [-0.15, -0.1) is 0 Å². The number of aliphatic hydroxyl groups excluding tert-OH is 1. The van der Waals surface area contributed by atoms with Crippen molar-refractivity contribution in [2.24, 2.45) is 0 Å². The van der Waals surface area contributed by atoms with Gasteiger partial charge in [0.05, 0.1) is 12.1 Å². The molecule has 0 aliphatic heterocycles. The van der Waals surface area contributed by atoms with Gasteiger partial charge in [0.15, 0.2) is 10.8 Å². The van der Waals surface area contributed by atoms with E-state index in [4.69, 9.17) is 11.6 Å². The van der Waals surface area contributed by atoms with Crippen molar-refractivity contribution >= 4 is 22.8 Å². The SMILES string of the molecule is CCCCCCC(C(C)O)n1c(C)nc2c(Cl)ncnc21. The summed E-state index contributed by atoms with van der Waals surface area (Å²) in [7, 11) is 0. The van der Waals surface area contributed by atoms with Crippen LogP contribution in [-0.4, -0.2) is 30.7 Å². The fourth-order valence-corrected chi connectivity index (χ4v) is 2.92. The lowest BCUT2D eigenvalue weighted by Crippen LogP contribution is -2.22. The summed E-state index contributed by atoms with van der Waals surface area (Å²) in [5, 5.41) is 10.5. The summed E-state index contributed by atoms with van der Waals surface area (Å²) >= 11 is 6.08. The van der Waals surface area contributed by atoms with Gasteiger partial charge in [-0.3, -0.25) is 0 Å². The monoisotopic (exact) mass is 310 g/mol. The molecule has 2 unspecified atom stereocenters. The standard InChI is InChI=1S/C15H23ClN4O/c1-4-5-6-7-8-12(10(2)21)20-11(3)19-13-14(16)17-9-18-15(13)20/h9-10,12,21H,4-8H2,1-3H3. The van der Waals surface area contributed by atoms with Crippen LogP contribution in [0.3, 0.4) is 0 Å². The highest BCUT2D eigenvalue weighted by Gasteiger charge is 2.23. The quantitative estimate of drug-likeness (QED) is 0.626. The van der Waals surface area contributed by atoms with Gasteiger partial charge < -0.3 is 9.67 Å². The van der Waals surface area contributed by atoms with E-state index in [1.807, 2.05) is 18.4 Å². The number of aryl methyl sites for hydroxylation is 1. The molecule has 0 radical (unpaired) electrons. The Morgan fingerprint density at radius 3 is 2.71 bits per heavy atom. The highest BCUT2D eigenvalue weighted by Crippen LogP contribution is 2.28. The third kappa shape index (κ3) is 3.52. The average molecular weight is 311 g/mol. The van der Waals surface area contributed by atoms with Gasteiger partial charge in [0.25, 0.3) is 0 Å². The molecule has 2 rings (SSSR count). The van der Waals surface area contributed by atoms with Crippen LogP contribution in [0.15, 0.2) is 6.33 Å². The highest BCUT2D eigenvalue weighted by atomic mass is 35.5. The van der Waals surface area contributed by atoms with Crippen LogP contribution in [0.2, 0.25) is 5.15 Å². The first-order chi connectivity index (χ1) is 10.1. The Bertz CT molecular complexity index is 597. The molecule has 5 nitrogen and oxygen atoms in total. The van der Waals surface area contributed by atoms with Gasteiger partial charge in [-0.25, -0.2) is 15.0 Å². The Balaban J connectivity index is 2.32. The Labute approximate surface area is 130 Å². The number of fused-ring (bicyclic) bond motifs is 1. The number of aromatic nitrogens is 4. The van der Waals surface area contributed by atoms with E-state index in [1.165, 1.54) is 25.6 Å². The summed E-state index contributed by atoms with van der Waals surface area (Å²) in [6.45, 7) is 5.93. The zero-order chi connectivity index (χ0) is 15.4. The molecule has 0 amide bonds. The molecule has 0 aliphatic rings. The predicted octanol–water partition coefficient (Wildman–Crippen LogP) is 3.68. The molecular weight excluding hydrogens is 288 g/mol. The van der Waals surface area contributed by atoms with Crippen LogP contribution in [0, 0.1) is 6.92 Å². The van der Waals surface area contributed by atoms with Crippen molar-refractivity contribution in [3.63, 3.8) is 0 Å². The van der Waals surface area contributed by atoms with Crippen molar-refractivity contribution in [1.82, 2.24) is 19.5 Å². The third-order valence-electron chi connectivity index (χ3n) is 3.85. The number of rotatable bonds is 7. The maximum atomic E-state index is 10.2. The zero-order valence-corrected chi connectivity index (χ0v) is 13.6. The fraction of sp³-hybridized carbons (Fsp3) is 0.667. The van der Waals surface area contributed by atoms with Gasteiger partial charge in [-0.05, 0) is 20.3 Å². The molecule has 2 aromatic heterocycles. The Morgan fingerprint density at radius 1 is 1.29 bits per heavy atom. The van der Waals surface area contributed by atoms with Gasteiger partial charge >= 0.3 is 0 Å². The van der Waals surface area contributed by atoms with Crippen LogP contribution in [0.4, 0.5) is 0 Å². The van der Waals surface area contributed by atoms with Crippen LogP contribution in [0.5, 0.6) is 0 Å². The molecule has 2 aromatic rings. The van der Waals surface area contributed by atoms with Crippen LogP contribution < -0.4 is 0 Å². The lowest BCUT2D eigenvalue weighted by Gasteiger charge is -2.23. The molecule has 0 saturated carbocycles. The van der Waals surface area contributed by atoms with Gasteiger partial charge in [0.1, 0.15) is 17.7 Å². The molecule has 6 heteroatoms. The predicted molar refractivity (Wildman–Crippen MR) is 84.5 cm³/mol. The van der Waals surface area contributed by atoms with Gasteiger partial charge in [0.2, 0.25) is 0 Å². The second-order valence-corrected chi connectivity index (χ2v) is 5.88. The molecule has 2 heterocycles. The number of aliphatic hydroxyl groups is 1. The molecule has 0 aliphatic carbocycles. The van der Waals surface area contributed by atoms with E-state index in [1.54, 1.807) is 0 Å². The van der Waals surface area contributed by atoms with Crippen molar-refractivity contribution in [2.75, 3.05) is 0 Å². The minimum absolute atomic E-state index is 0.0298. The van der Waals surface area contributed by atoms with Crippen molar-refractivity contribution in [2.45, 2.75) is 65.0 Å². The lowest BCUT2D eigenvalue weighted by atomic mass is 10.0. The molecule has 0 saturated heterocycles. The maximum absolute atomic E-state index is 10.2. The summed E-state index contributed by atoms with van der Waals surface area (Å²) in [4.78, 5) is 12.7. The highest BCUT2D eigenvalue weighted by molar-refractivity contribution is 6.33. The maximum Gasteiger partial charge on any atom is 0.165 e. The lowest BCUT2D eigenvalue weighted by molar-refractivity contribution is 0.123. The summed E-state index contributed by atoms with van der Waals surface area (Å²) in [5.74, 6) is 0.814. The first-order valence-corrected chi connectivity index (χ1v) is 7.97. The fourth-order valence-electron chi connectivity index (χ4n) is 2.75. The van der Waals surface area contributed by atoms with E-state index in [0.717, 1.165) is 18.7 Å². The Hall–Kier alpha value is -1.20. The molecule has 0 fully saturated rings. The third-order valence-corrected chi connectivity index (χ3v) is 4.13. The van der Waals surface area contributed by atoms with Crippen LogP contribution in [0.25, 0.3) is 11.2 Å². The number of unbranched alkanes of at least 4 members (excludes halogenated alkanes) is 3. The Kier molecular flexibility index (Phi) is 5.53. The van der Waals surface area contributed by atoms with E-state index in [9.17, 15) is 5.11 Å². The molecule has 0 bridgehead atoms. The van der Waals surface area contributed by atoms with Gasteiger partial charge in [-0.1, -0.05) is 44.2 Å². The van der Waals surface area contributed by atoms with Crippen LogP contribution in [-0.2, 0) is 0 Å². The van der Waals surface area contributed by atoms with E-state index in [2.05, 4.69) is 21.9 Å². The summed E-state index contributed by atoms with van der Waals surface area (Å²) in [5.41, 5.74) is 1.31. The van der Waals surface area contributed by atoms with Crippen LogP contribution >= 0.6 is 11.6 Å². The van der Waals surface area contributed by atoms with Crippen molar-refractivity contribution in [1.29, 1.82) is 0 Å². The number of imidazole rings is 1. The average Bonchev–Trinajstić information content (AvgIpc) is 2.77. The van der Waals surface area contributed by atoms with E-state index >= 15 is 0 Å². The largest absolute Gasteiger partial charge is 0.391 e. The van der Waals surface area contributed by atoms with Crippen molar-refractivity contribution in [3.8, 4) is 0 Å². The molecule has 1 N–H and O–H groups in total. The topological polar surface area (TPSA) is 63.8 Å². The number of hydrogen-bond acceptors (Lipinski definition) is 4. The molecule has 116 valence electrons. The van der Waals surface area contributed by atoms with Gasteiger partial charge in [-0.2, -0.15) is 0 Å². The Morgan fingerprint density at radius 2 is 2.05 bits per heavy atom. The summed E-state index contributed by atoms with van der Waals surface area (Å²) in [6.07, 6.45) is 6.59. The van der Waals surface area contributed by atoms with E-state index < -0.39 is 6.10 Å². The molecule has 21 heavy (non-hydrogen) atoms. The van der Waals surface area contributed by atoms with Crippen LogP contribution in [0.1, 0.15) is 57.8 Å². The van der Waals surface area contributed by atoms with Gasteiger partial charge in [0, 0.05) is 0 Å². The first kappa shape index (κ1) is 16.2. The second kappa shape index (κ2) is 7.18. The van der Waals surface area contributed by atoms with E-state index in [-0.39, 0.29) is 6.04 Å². The molecule has 0 spiro atoms. The smallest absolute Gasteiger partial charge is 0.165 e. The zero-order valence-electron chi connectivity index (χ0n) is 12.9. The van der Waals surface area contributed by atoms with E-state index in [0.29, 0.717) is 16.3 Å². The summed E-state index contributed by atoms with van der Waals surface area (Å²) < 4.78 is 2.00. The minimum atomic E-state index is -0.462. The number of halogens is 1. The molecule has 2 atom stereocenters. The number of nitrogens with zero attached hydrogens (tertiary/aromatic N) is 4. The second-order valence-electron chi connectivity index (χ2n) is 5.52. The normalized spacial score (nSPS) is 14.5. The number of hydrogen-bond donors (Lipinski definition) is 1. The van der Waals surface area contributed by atoms with Crippen molar-refractivity contribution < 1.29 is 5.11 Å². The first-order valence-electron chi connectivity index (χ1n) is 7.59. The molecular formula is C15H23ClN4O. The minimum Gasteiger partial charge on any atom is -0.391 e.